The Morgan fingerprint density at radius 3 is 2.00 bits per heavy atom. The van der Waals surface area contributed by atoms with Crippen LogP contribution in [0.15, 0.2) is 60.7 Å². The van der Waals surface area contributed by atoms with Crippen LogP contribution >= 0.6 is 23.2 Å². The number of rotatable bonds is 3. The Labute approximate surface area is 122 Å². The van der Waals surface area contributed by atoms with Crippen LogP contribution in [0.1, 0.15) is 21.8 Å². The lowest BCUT2D eigenvalue weighted by Gasteiger charge is -1.99. The molecular weight excluding hydrogens is 279 g/mol. The predicted molar refractivity (Wildman–Crippen MR) is 77.9 cm³/mol. The Kier molecular flexibility index (Phi) is 3.12. The summed E-state index contributed by atoms with van der Waals surface area (Å²) in [4.78, 5) is 12.4. The second-order valence-corrected chi connectivity index (χ2v) is 6.22. The fourth-order valence-corrected chi connectivity index (χ4v) is 3.34. The average molecular weight is 291 g/mol. The third kappa shape index (κ3) is 2.18. The Balaban J connectivity index is 1.89. The Hall–Kier alpha value is -1.31. The van der Waals surface area contributed by atoms with Gasteiger partial charge in [0, 0.05) is 11.5 Å². The van der Waals surface area contributed by atoms with E-state index in [4.69, 9.17) is 23.2 Å². The fourth-order valence-electron chi connectivity index (χ4n) is 2.51. The van der Waals surface area contributed by atoms with Crippen LogP contribution in [-0.4, -0.2) is 10.1 Å². The molecule has 0 bridgehead atoms. The molecule has 0 aromatic heterocycles. The first kappa shape index (κ1) is 12.7. The zero-order valence-electron chi connectivity index (χ0n) is 10.1. The monoisotopic (exact) mass is 290 g/mol. The highest BCUT2D eigenvalue weighted by molar-refractivity contribution is 6.53. The maximum absolute atomic E-state index is 12.4. The predicted octanol–water partition coefficient (Wildman–Crippen LogP) is 4.46. The van der Waals surface area contributed by atoms with Crippen LogP contribution in [0, 0.1) is 5.92 Å². The van der Waals surface area contributed by atoms with E-state index in [2.05, 4.69) is 0 Å². The van der Waals surface area contributed by atoms with Gasteiger partial charge in [-0.2, -0.15) is 0 Å². The molecular formula is C16H12Cl2O. The molecule has 2 unspecified atom stereocenters. The summed E-state index contributed by atoms with van der Waals surface area (Å²) in [7, 11) is 0. The van der Waals surface area contributed by atoms with Crippen molar-refractivity contribution in [2.24, 2.45) is 5.92 Å². The molecule has 19 heavy (non-hydrogen) atoms. The van der Waals surface area contributed by atoms with E-state index >= 15 is 0 Å². The molecule has 1 aliphatic rings. The second-order valence-electron chi connectivity index (χ2n) is 4.77. The van der Waals surface area contributed by atoms with Crippen LogP contribution in [0.3, 0.4) is 0 Å². The third-order valence-electron chi connectivity index (χ3n) is 3.55. The molecule has 0 N–H and O–H groups in total. The van der Waals surface area contributed by atoms with Gasteiger partial charge in [0.05, 0.1) is 5.92 Å². The van der Waals surface area contributed by atoms with Gasteiger partial charge in [-0.05, 0) is 5.56 Å². The van der Waals surface area contributed by atoms with Crippen molar-refractivity contribution in [3.05, 3.63) is 71.8 Å². The number of carbonyl (C=O) groups excluding carboxylic acids is 1. The Morgan fingerprint density at radius 1 is 0.895 bits per heavy atom. The van der Waals surface area contributed by atoms with Crippen molar-refractivity contribution in [2.45, 2.75) is 10.3 Å². The van der Waals surface area contributed by atoms with Crippen molar-refractivity contribution in [2.75, 3.05) is 0 Å². The average Bonchev–Trinajstić information content (AvgIpc) is 3.02. The molecule has 0 radical (unpaired) electrons. The van der Waals surface area contributed by atoms with Crippen molar-refractivity contribution in [3.8, 4) is 0 Å². The van der Waals surface area contributed by atoms with E-state index in [-0.39, 0.29) is 17.6 Å². The van der Waals surface area contributed by atoms with Crippen LogP contribution in [0.5, 0.6) is 0 Å². The number of alkyl halides is 2. The maximum Gasteiger partial charge on any atom is 0.169 e. The van der Waals surface area contributed by atoms with Gasteiger partial charge in [-0.25, -0.2) is 0 Å². The van der Waals surface area contributed by atoms with Crippen LogP contribution in [0.25, 0.3) is 0 Å². The Bertz CT molecular complexity index is 593. The van der Waals surface area contributed by atoms with Gasteiger partial charge in [0.1, 0.15) is 4.33 Å². The molecule has 1 aliphatic carbocycles. The van der Waals surface area contributed by atoms with Gasteiger partial charge in [0.15, 0.2) is 5.78 Å². The van der Waals surface area contributed by atoms with Gasteiger partial charge < -0.3 is 0 Å². The molecule has 1 fully saturated rings. The topological polar surface area (TPSA) is 17.1 Å². The quantitative estimate of drug-likeness (QED) is 0.603. The zero-order chi connectivity index (χ0) is 13.5. The van der Waals surface area contributed by atoms with E-state index in [9.17, 15) is 4.79 Å². The minimum Gasteiger partial charge on any atom is -0.294 e. The molecule has 0 spiro atoms. The van der Waals surface area contributed by atoms with Gasteiger partial charge in [0.25, 0.3) is 0 Å². The summed E-state index contributed by atoms with van der Waals surface area (Å²) >= 11 is 12.6. The zero-order valence-corrected chi connectivity index (χ0v) is 11.6. The highest BCUT2D eigenvalue weighted by Gasteiger charge is 2.67. The molecule has 3 rings (SSSR count). The SMILES string of the molecule is O=C(c1ccccc1)C1C(c2ccccc2)C1(Cl)Cl. The molecule has 3 heteroatoms. The van der Waals surface area contributed by atoms with Crippen molar-refractivity contribution in [1.29, 1.82) is 0 Å². The fraction of sp³-hybridized carbons (Fsp3) is 0.188. The number of Topliss-reactive ketones (excluding diaryl/α,β-unsaturated/α-hetero) is 1. The molecule has 96 valence electrons. The number of hydrogen-bond donors (Lipinski definition) is 0. The van der Waals surface area contributed by atoms with Gasteiger partial charge >= 0.3 is 0 Å². The summed E-state index contributed by atoms with van der Waals surface area (Å²) in [5.74, 6) is -0.468. The molecule has 0 amide bonds. The van der Waals surface area contributed by atoms with Crippen molar-refractivity contribution >= 4 is 29.0 Å². The largest absolute Gasteiger partial charge is 0.294 e. The van der Waals surface area contributed by atoms with E-state index in [1.807, 2.05) is 48.5 Å². The molecule has 0 aliphatic heterocycles. The first-order valence-electron chi connectivity index (χ1n) is 6.14. The van der Waals surface area contributed by atoms with Crippen molar-refractivity contribution < 1.29 is 4.79 Å². The highest BCUT2D eigenvalue weighted by Crippen LogP contribution is 2.65. The third-order valence-corrected chi connectivity index (χ3v) is 4.49. The van der Waals surface area contributed by atoms with Crippen molar-refractivity contribution in [1.82, 2.24) is 0 Å². The molecule has 2 aromatic rings. The van der Waals surface area contributed by atoms with E-state index in [0.717, 1.165) is 5.56 Å². The summed E-state index contributed by atoms with van der Waals surface area (Å²) in [6, 6.07) is 18.9. The van der Waals surface area contributed by atoms with Gasteiger partial charge in [-0.15, -0.1) is 23.2 Å². The van der Waals surface area contributed by atoms with E-state index in [1.165, 1.54) is 0 Å². The van der Waals surface area contributed by atoms with Crippen LogP contribution in [0.2, 0.25) is 0 Å². The minimum atomic E-state index is -0.992. The lowest BCUT2D eigenvalue weighted by Crippen LogP contribution is -2.06. The number of benzene rings is 2. The van der Waals surface area contributed by atoms with Crippen LogP contribution in [-0.2, 0) is 0 Å². The summed E-state index contributed by atoms with van der Waals surface area (Å²) in [5, 5.41) is 0. The number of halogens is 2. The van der Waals surface area contributed by atoms with Crippen LogP contribution in [0.4, 0.5) is 0 Å². The summed E-state index contributed by atoms with van der Waals surface area (Å²) in [6.45, 7) is 0. The summed E-state index contributed by atoms with van der Waals surface area (Å²) in [6.07, 6.45) is 0. The van der Waals surface area contributed by atoms with Gasteiger partial charge in [-0.1, -0.05) is 60.7 Å². The minimum absolute atomic E-state index is 0.0134. The normalized spacial score (nSPS) is 23.9. The molecule has 0 heterocycles. The molecule has 2 atom stereocenters. The van der Waals surface area contributed by atoms with Gasteiger partial charge in [-0.3, -0.25) is 4.79 Å². The maximum atomic E-state index is 12.4. The standard InChI is InChI=1S/C16H12Cl2O/c17-16(18)13(11-7-3-1-4-8-11)14(16)15(19)12-9-5-2-6-10-12/h1-10,13-14H. The lowest BCUT2D eigenvalue weighted by atomic mass is 10.0. The van der Waals surface area contributed by atoms with Gasteiger partial charge in [0.2, 0.25) is 0 Å². The first-order chi connectivity index (χ1) is 9.12. The highest BCUT2D eigenvalue weighted by atomic mass is 35.5. The van der Waals surface area contributed by atoms with Crippen LogP contribution < -0.4 is 0 Å². The molecule has 2 aromatic carbocycles. The Morgan fingerprint density at radius 2 is 1.42 bits per heavy atom. The van der Waals surface area contributed by atoms with E-state index in [0.29, 0.717) is 5.56 Å². The smallest absolute Gasteiger partial charge is 0.169 e. The molecule has 0 saturated heterocycles. The van der Waals surface area contributed by atoms with E-state index < -0.39 is 4.33 Å². The first-order valence-corrected chi connectivity index (χ1v) is 6.90. The second kappa shape index (κ2) is 4.66. The number of carbonyl (C=O) groups is 1. The lowest BCUT2D eigenvalue weighted by molar-refractivity contribution is 0.0964. The van der Waals surface area contributed by atoms with E-state index in [1.54, 1.807) is 12.1 Å². The molecule has 1 saturated carbocycles. The summed E-state index contributed by atoms with van der Waals surface area (Å²) in [5.41, 5.74) is 1.68. The summed E-state index contributed by atoms with van der Waals surface area (Å²) < 4.78 is -0.992. The number of ketones is 1. The molecule has 1 nitrogen and oxygen atoms in total. The van der Waals surface area contributed by atoms with Crippen molar-refractivity contribution in [3.63, 3.8) is 0 Å². The number of hydrogen-bond acceptors (Lipinski definition) is 1.